The van der Waals surface area contributed by atoms with Crippen LogP contribution in [0.25, 0.3) is 0 Å². The van der Waals surface area contributed by atoms with Crippen LogP contribution < -0.4 is 11.1 Å². The highest BCUT2D eigenvalue weighted by Crippen LogP contribution is 2.33. The van der Waals surface area contributed by atoms with Crippen molar-refractivity contribution < 1.29 is 9.53 Å². The molecule has 22 heavy (non-hydrogen) atoms. The van der Waals surface area contributed by atoms with E-state index < -0.39 is 0 Å². The molecule has 3 N–H and O–H groups in total. The Kier molecular flexibility index (Phi) is 8.46. The Morgan fingerprint density at radius 1 is 1.36 bits per heavy atom. The Hall–Kier alpha value is -1.10. The molecule has 0 spiro atoms. The van der Waals surface area contributed by atoms with Gasteiger partial charge in [-0.2, -0.15) is 0 Å². The van der Waals surface area contributed by atoms with Crippen LogP contribution in [-0.4, -0.2) is 25.6 Å². The standard InChI is InChI=1S/C17H26N2O2.ClH/c1-13-6-8-14(9-7-13)17-15(4-3-11-21-17)12-19-16(20)5-2-10-18;/h6-9,15,17H,2-5,10-12,18H2,1H3,(H,19,20);1H. The molecule has 1 amide bonds. The SMILES string of the molecule is Cc1ccc(C2OCCCC2CNC(=O)CCCN)cc1.Cl. The van der Waals surface area contributed by atoms with E-state index in [2.05, 4.69) is 36.5 Å². The number of ether oxygens (including phenoxy) is 1. The summed E-state index contributed by atoms with van der Waals surface area (Å²) in [5, 5.41) is 3.02. The zero-order chi connectivity index (χ0) is 15.1. The van der Waals surface area contributed by atoms with E-state index in [1.807, 2.05) is 0 Å². The van der Waals surface area contributed by atoms with Crippen LogP contribution >= 0.6 is 12.4 Å². The van der Waals surface area contributed by atoms with Crippen LogP contribution in [0.4, 0.5) is 0 Å². The number of nitrogens with one attached hydrogen (secondary N) is 1. The van der Waals surface area contributed by atoms with E-state index >= 15 is 0 Å². The first-order chi connectivity index (χ1) is 10.2. The minimum Gasteiger partial charge on any atom is -0.373 e. The Morgan fingerprint density at radius 2 is 2.09 bits per heavy atom. The lowest BCUT2D eigenvalue weighted by Crippen LogP contribution is -2.35. The predicted octanol–water partition coefficient (Wildman–Crippen LogP) is 2.74. The fourth-order valence-corrected chi connectivity index (χ4v) is 2.77. The lowest BCUT2D eigenvalue weighted by Gasteiger charge is -2.32. The number of aryl methyl sites for hydroxylation is 1. The third-order valence-corrected chi connectivity index (χ3v) is 4.02. The molecule has 1 fully saturated rings. The molecular weight excluding hydrogens is 300 g/mol. The average molecular weight is 327 g/mol. The number of hydrogen-bond acceptors (Lipinski definition) is 3. The molecule has 0 aliphatic carbocycles. The molecule has 1 saturated heterocycles. The van der Waals surface area contributed by atoms with E-state index in [1.165, 1.54) is 11.1 Å². The first kappa shape index (κ1) is 18.9. The van der Waals surface area contributed by atoms with E-state index in [1.54, 1.807) is 0 Å². The summed E-state index contributed by atoms with van der Waals surface area (Å²) in [5.74, 6) is 0.442. The van der Waals surface area contributed by atoms with E-state index in [-0.39, 0.29) is 24.4 Å². The highest BCUT2D eigenvalue weighted by Gasteiger charge is 2.27. The van der Waals surface area contributed by atoms with Crippen molar-refractivity contribution in [2.24, 2.45) is 11.7 Å². The largest absolute Gasteiger partial charge is 0.373 e. The van der Waals surface area contributed by atoms with Gasteiger partial charge in [-0.3, -0.25) is 4.79 Å². The lowest BCUT2D eigenvalue weighted by molar-refractivity contribution is -0.122. The van der Waals surface area contributed by atoms with Gasteiger partial charge in [0.25, 0.3) is 0 Å². The van der Waals surface area contributed by atoms with Gasteiger partial charge in [0.2, 0.25) is 5.91 Å². The van der Waals surface area contributed by atoms with Gasteiger partial charge in [-0.05, 0) is 38.3 Å². The van der Waals surface area contributed by atoms with Gasteiger partial charge in [0.1, 0.15) is 0 Å². The van der Waals surface area contributed by atoms with Crippen LogP contribution in [0.3, 0.4) is 0 Å². The normalized spacial score (nSPS) is 21.0. The maximum atomic E-state index is 11.7. The molecule has 0 aromatic heterocycles. The van der Waals surface area contributed by atoms with Gasteiger partial charge in [-0.15, -0.1) is 12.4 Å². The van der Waals surface area contributed by atoms with Crippen LogP contribution in [0.5, 0.6) is 0 Å². The number of carbonyl (C=O) groups excluding carboxylic acids is 1. The van der Waals surface area contributed by atoms with Crippen molar-refractivity contribution in [3.8, 4) is 0 Å². The van der Waals surface area contributed by atoms with Crippen molar-refractivity contribution in [2.75, 3.05) is 19.7 Å². The van der Waals surface area contributed by atoms with Crippen LogP contribution in [0.15, 0.2) is 24.3 Å². The first-order valence-electron chi connectivity index (χ1n) is 7.85. The van der Waals surface area contributed by atoms with Gasteiger partial charge in [-0.25, -0.2) is 0 Å². The Bertz CT molecular complexity index is 450. The quantitative estimate of drug-likeness (QED) is 0.844. The number of carbonyl (C=O) groups is 1. The number of halogens is 1. The van der Waals surface area contributed by atoms with Crippen LogP contribution in [0.2, 0.25) is 0 Å². The predicted molar refractivity (Wildman–Crippen MR) is 91.1 cm³/mol. The van der Waals surface area contributed by atoms with Crippen molar-refractivity contribution in [2.45, 2.75) is 38.7 Å². The molecule has 4 nitrogen and oxygen atoms in total. The summed E-state index contributed by atoms with van der Waals surface area (Å²) >= 11 is 0. The summed E-state index contributed by atoms with van der Waals surface area (Å²) < 4.78 is 5.96. The molecule has 1 aromatic carbocycles. The Balaban J connectivity index is 0.00000242. The zero-order valence-electron chi connectivity index (χ0n) is 13.2. The fraction of sp³-hybridized carbons (Fsp3) is 0.588. The zero-order valence-corrected chi connectivity index (χ0v) is 14.0. The maximum absolute atomic E-state index is 11.7. The summed E-state index contributed by atoms with van der Waals surface area (Å²) in [6, 6.07) is 8.50. The first-order valence-corrected chi connectivity index (χ1v) is 7.85. The molecule has 2 rings (SSSR count). The monoisotopic (exact) mass is 326 g/mol. The molecule has 0 saturated carbocycles. The molecule has 124 valence electrons. The fourth-order valence-electron chi connectivity index (χ4n) is 2.77. The van der Waals surface area contributed by atoms with E-state index in [9.17, 15) is 4.79 Å². The van der Waals surface area contributed by atoms with Crippen LogP contribution in [0, 0.1) is 12.8 Å². The minimum absolute atomic E-state index is 0. The van der Waals surface area contributed by atoms with Crippen molar-refractivity contribution in [1.82, 2.24) is 5.32 Å². The molecule has 1 aliphatic rings. The number of amides is 1. The van der Waals surface area contributed by atoms with Crippen molar-refractivity contribution in [3.63, 3.8) is 0 Å². The highest BCUT2D eigenvalue weighted by atomic mass is 35.5. The molecular formula is C17H27ClN2O2. The summed E-state index contributed by atoms with van der Waals surface area (Å²) in [7, 11) is 0. The summed E-state index contributed by atoms with van der Waals surface area (Å²) in [6.07, 6.45) is 3.50. The second-order valence-electron chi connectivity index (χ2n) is 5.80. The molecule has 2 unspecified atom stereocenters. The van der Waals surface area contributed by atoms with E-state index in [4.69, 9.17) is 10.5 Å². The Labute approximate surface area is 139 Å². The third-order valence-electron chi connectivity index (χ3n) is 4.02. The van der Waals surface area contributed by atoms with Gasteiger partial charge in [0, 0.05) is 25.5 Å². The highest BCUT2D eigenvalue weighted by molar-refractivity contribution is 5.85. The topological polar surface area (TPSA) is 64.3 Å². The van der Waals surface area contributed by atoms with Gasteiger partial charge in [-0.1, -0.05) is 29.8 Å². The van der Waals surface area contributed by atoms with Crippen molar-refractivity contribution in [3.05, 3.63) is 35.4 Å². The summed E-state index contributed by atoms with van der Waals surface area (Å²) in [6.45, 7) is 4.13. The number of hydrogen-bond donors (Lipinski definition) is 2. The lowest BCUT2D eigenvalue weighted by atomic mass is 9.89. The number of nitrogens with two attached hydrogens (primary N) is 1. The average Bonchev–Trinajstić information content (AvgIpc) is 2.52. The van der Waals surface area contributed by atoms with E-state index in [0.29, 0.717) is 25.4 Å². The molecule has 1 aromatic rings. The maximum Gasteiger partial charge on any atom is 0.220 e. The second kappa shape index (κ2) is 9.82. The van der Waals surface area contributed by atoms with Gasteiger partial charge >= 0.3 is 0 Å². The summed E-state index contributed by atoms with van der Waals surface area (Å²) in [4.78, 5) is 11.7. The molecule has 1 heterocycles. The van der Waals surface area contributed by atoms with Crippen LogP contribution in [0.1, 0.15) is 42.9 Å². The number of benzene rings is 1. The minimum atomic E-state index is 0. The molecule has 5 heteroatoms. The van der Waals surface area contributed by atoms with Crippen LogP contribution in [-0.2, 0) is 9.53 Å². The number of rotatable bonds is 6. The molecule has 2 atom stereocenters. The summed E-state index contributed by atoms with van der Waals surface area (Å²) in [5.41, 5.74) is 7.89. The van der Waals surface area contributed by atoms with Gasteiger partial charge in [0.05, 0.1) is 6.10 Å². The molecule has 0 radical (unpaired) electrons. The van der Waals surface area contributed by atoms with E-state index in [0.717, 1.165) is 25.9 Å². The second-order valence-corrected chi connectivity index (χ2v) is 5.80. The molecule has 0 bridgehead atoms. The van der Waals surface area contributed by atoms with Gasteiger partial charge in [0.15, 0.2) is 0 Å². The van der Waals surface area contributed by atoms with Crippen molar-refractivity contribution in [1.29, 1.82) is 0 Å². The van der Waals surface area contributed by atoms with Crippen molar-refractivity contribution >= 4 is 18.3 Å². The Morgan fingerprint density at radius 3 is 2.77 bits per heavy atom. The van der Waals surface area contributed by atoms with Gasteiger partial charge < -0.3 is 15.8 Å². The third kappa shape index (κ3) is 5.59. The smallest absolute Gasteiger partial charge is 0.220 e. The molecule has 1 aliphatic heterocycles.